The van der Waals surface area contributed by atoms with E-state index in [0.717, 1.165) is 6.61 Å². The van der Waals surface area contributed by atoms with Gasteiger partial charge in [0.1, 0.15) is 5.60 Å². The molecule has 0 bridgehead atoms. The highest BCUT2D eigenvalue weighted by molar-refractivity contribution is 9.09. The molecule has 1 aliphatic carbocycles. The van der Waals surface area contributed by atoms with Crippen LogP contribution in [0.2, 0.25) is 0 Å². The van der Waals surface area contributed by atoms with E-state index in [1.165, 1.54) is 38.5 Å². The fraction of sp³-hybridized carbons (Fsp3) is 0.941. The first-order chi connectivity index (χ1) is 10.3. The number of ether oxygens (including phenoxy) is 2. The van der Waals surface area contributed by atoms with Crippen molar-refractivity contribution in [1.29, 1.82) is 0 Å². The van der Waals surface area contributed by atoms with Gasteiger partial charge < -0.3 is 14.4 Å². The van der Waals surface area contributed by atoms with Crippen molar-refractivity contribution in [3.63, 3.8) is 0 Å². The predicted octanol–water partition coefficient (Wildman–Crippen LogP) is 4.36. The van der Waals surface area contributed by atoms with Gasteiger partial charge in [-0.3, -0.25) is 0 Å². The van der Waals surface area contributed by atoms with Gasteiger partial charge in [-0.2, -0.15) is 0 Å². The van der Waals surface area contributed by atoms with Gasteiger partial charge in [0.05, 0.1) is 17.5 Å². The Labute approximate surface area is 143 Å². The molecular formula is C17H30BrNO3. The summed E-state index contributed by atoms with van der Waals surface area (Å²) in [6.45, 7) is 7.79. The third-order valence-electron chi connectivity index (χ3n) is 4.37. The van der Waals surface area contributed by atoms with Crippen LogP contribution in [0.5, 0.6) is 0 Å². The number of amides is 1. The maximum atomic E-state index is 12.1. The van der Waals surface area contributed by atoms with Crippen molar-refractivity contribution in [3.05, 3.63) is 0 Å². The zero-order chi connectivity index (χ0) is 16.2. The summed E-state index contributed by atoms with van der Waals surface area (Å²) in [5.41, 5.74) is -0.446. The number of carbonyl (C=O) groups excluding carboxylic acids is 1. The van der Waals surface area contributed by atoms with Crippen LogP contribution in [-0.2, 0) is 9.47 Å². The first kappa shape index (κ1) is 18.1. The zero-order valence-corrected chi connectivity index (χ0v) is 15.7. The van der Waals surface area contributed by atoms with Crippen molar-refractivity contribution in [2.45, 2.75) is 75.8 Å². The van der Waals surface area contributed by atoms with Gasteiger partial charge in [0.25, 0.3) is 0 Å². The Kier molecular flexibility index (Phi) is 6.57. The molecule has 1 aliphatic heterocycles. The van der Waals surface area contributed by atoms with E-state index in [2.05, 4.69) is 15.9 Å². The lowest BCUT2D eigenvalue weighted by atomic mass is 10.0. The molecule has 1 saturated heterocycles. The molecule has 0 aromatic carbocycles. The molecule has 1 saturated carbocycles. The van der Waals surface area contributed by atoms with Crippen LogP contribution in [0.4, 0.5) is 4.79 Å². The number of carbonyl (C=O) groups is 1. The van der Waals surface area contributed by atoms with Crippen LogP contribution < -0.4 is 0 Å². The van der Waals surface area contributed by atoms with Gasteiger partial charge in [-0.25, -0.2) is 4.79 Å². The standard InChI is InChI=1S/C17H30BrNO3/c1-17(2,3)22-16(20)19-10-14(18)15(11-19)21-12-13-8-6-4-5-7-9-13/h13-15H,4-12H2,1-3H3. The van der Waals surface area contributed by atoms with Crippen molar-refractivity contribution in [1.82, 2.24) is 4.90 Å². The van der Waals surface area contributed by atoms with Crippen molar-refractivity contribution >= 4 is 22.0 Å². The van der Waals surface area contributed by atoms with Crippen LogP contribution in [0.3, 0.4) is 0 Å². The zero-order valence-electron chi connectivity index (χ0n) is 14.1. The Balaban J connectivity index is 1.77. The predicted molar refractivity (Wildman–Crippen MR) is 91.5 cm³/mol. The minimum atomic E-state index is -0.446. The van der Waals surface area contributed by atoms with Crippen molar-refractivity contribution in [2.75, 3.05) is 19.7 Å². The van der Waals surface area contributed by atoms with Crippen molar-refractivity contribution in [2.24, 2.45) is 5.92 Å². The Hall–Kier alpha value is -0.290. The Morgan fingerprint density at radius 1 is 1.14 bits per heavy atom. The van der Waals surface area contributed by atoms with Crippen LogP contribution in [0.15, 0.2) is 0 Å². The molecule has 2 fully saturated rings. The number of nitrogens with zero attached hydrogens (tertiary/aromatic N) is 1. The van der Waals surface area contributed by atoms with Crippen molar-refractivity contribution in [3.8, 4) is 0 Å². The molecule has 5 heteroatoms. The molecule has 128 valence electrons. The van der Waals surface area contributed by atoms with Crippen LogP contribution >= 0.6 is 15.9 Å². The second kappa shape index (κ2) is 8.00. The Morgan fingerprint density at radius 3 is 2.36 bits per heavy atom. The summed E-state index contributed by atoms with van der Waals surface area (Å²) in [6, 6.07) is 0. The summed E-state index contributed by atoms with van der Waals surface area (Å²) in [5.74, 6) is 0.692. The van der Waals surface area contributed by atoms with Crippen LogP contribution in [0.25, 0.3) is 0 Å². The number of likely N-dealkylation sites (tertiary alicyclic amines) is 1. The van der Waals surface area contributed by atoms with E-state index in [9.17, 15) is 4.79 Å². The van der Waals surface area contributed by atoms with Gasteiger partial charge in [0.2, 0.25) is 0 Å². The quantitative estimate of drug-likeness (QED) is 0.543. The molecule has 2 rings (SSSR count). The second-order valence-corrected chi connectivity index (χ2v) is 8.81. The largest absolute Gasteiger partial charge is 0.444 e. The molecule has 0 spiro atoms. The van der Waals surface area contributed by atoms with Gasteiger partial charge in [-0.1, -0.05) is 41.6 Å². The summed E-state index contributed by atoms with van der Waals surface area (Å²) < 4.78 is 11.6. The minimum absolute atomic E-state index is 0.0794. The van der Waals surface area contributed by atoms with Crippen LogP contribution in [0.1, 0.15) is 59.3 Å². The molecule has 0 radical (unpaired) electrons. The van der Waals surface area contributed by atoms with Gasteiger partial charge in [0.15, 0.2) is 0 Å². The molecule has 0 N–H and O–H groups in total. The van der Waals surface area contributed by atoms with Gasteiger partial charge in [-0.05, 0) is 39.5 Å². The Bertz CT molecular complexity index is 361. The lowest BCUT2D eigenvalue weighted by Crippen LogP contribution is -2.36. The molecule has 0 aromatic heterocycles. The number of hydrogen-bond acceptors (Lipinski definition) is 3. The summed E-state index contributed by atoms with van der Waals surface area (Å²) in [5, 5.41) is 0. The van der Waals surface area contributed by atoms with E-state index < -0.39 is 5.60 Å². The van der Waals surface area contributed by atoms with E-state index >= 15 is 0 Å². The normalized spacial score (nSPS) is 27.7. The summed E-state index contributed by atoms with van der Waals surface area (Å²) in [6.07, 6.45) is 7.82. The molecule has 0 aromatic rings. The number of alkyl halides is 1. The average molecular weight is 376 g/mol. The van der Waals surface area contributed by atoms with E-state index in [0.29, 0.717) is 19.0 Å². The molecule has 2 aliphatic rings. The smallest absolute Gasteiger partial charge is 0.410 e. The fourth-order valence-electron chi connectivity index (χ4n) is 3.16. The van der Waals surface area contributed by atoms with Crippen molar-refractivity contribution < 1.29 is 14.3 Å². The highest BCUT2D eigenvalue weighted by Crippen LogP contribution is 2.27. The monoisotopic (exact) mass is 375 g/mol. The van der Waals surface area contributed by atoms with E-state index in [4.69, 9.17) is 9.47 Å². The van der Waals surface area contributed by atoms with Gasteiger partial charge in [0, 0.05) is 13.2 Å². The molecule has 1 heterocycles. The first-order valence-corrected chi connectivity index (χ1v) is 9.50. The fourth-order valence-corrected chi connectivity index (χ4v) is 3.83. The van der Waals surface area contributed by atoms with Crippen LogP contribution in [0, 0.1) is 5.92 Å². The molecule has 22 heavy (non-hydrogen) atoms. The first-order valence-electron chi connectivity index (χ1n) is 8.59. The van der Waals surface area contributed by atoms with E-state index in [1.54, 1.807) is 4.90 Å². The third kappa shape index (κ3) is 5.73. The lowest BCUT2D eigenvalue weighted by molar-refractivity contribution is 0.0148. The molecule has 1 amide bonds. The van der Waals surface area contributed by atoms with E-state index in [-0.39, 0.29) is 17.0 Å². The summed E-state index contributed by atoms with van der Waals surface area (Å²) in [7, 11) is 0. The third-order valence-corrected chi connectivity index (χ3v) is 5.25. The minimum Gasteiger partial charge on any atom is -0.444 e. The molecule has 2 atom stereocenters. The van der Waals surface area contributed by atoms with Gasteiger partial charge >= 0.3 is 6.09 Å². The Morgan fingerprint density at radius 2 is 1.77 bits per heavy atom. The number of hydrogen-bond donors (Lipinski definition) is 0. The SMILES string of the molecule is CC(C)(C)OC(=O)N1CC(Br)C(OCC2CCCCCC2)C1. The second-order valence-electron chi connectivity index (χ2n) is 7.63. The number of rotatable bonds is 3. The van der Waals surface area contributed by atoms with E-state index in [1.807, 2.05) is 20.8 Å². The van der Waals surface area contributed by atoms with Crippen LogP contribution in [-0.4, -0.2) is 47.2 Å². The highest BCUT2D eigenvalue weighted by Gasteiger charge is 2.36. The maximum absolute atomic E-state index is 12.1. The summed E-state index contributed by atoms with van der Waals surface area (Å²) in [4.78, 5) is 14.1. The topological polar surface area (TPSA) is 38.8 Å². The lowest BCUT2D eigenvalue weighted by Gasteiger charge is -2.24. The molecule has 2 unspecified atom stereocenters. The van der Waals surface area contributed by atoms with Gasteiger partial charge in [-0.15, -0.1) is 0 Å². The summed E-state index contributed by atoms with van der Waals surface area (Å²) >= 11 is 3.66. The average Bonchev–Trinajstić information content (AvgIpc) is 2.62. The highest BCUT2D eigenvalue weighted by atomic mass is 79.9. The molecular weight excluding hydrogens is 346 g/mol. The number of halogens is 1. The molecule has 4 nitrogen and oxygen atoms in total. The maximum Gasteiger partial charge on any atom is 0.410 e.